The van der Waals surface area contributed by atoms with Crippen LogP contribution in [-0.4, -0.2) is 23.6 Å². The van der Waals surface area contributed by atoms with Gasteiger partial charge in [0, 0.05) is 12.4 Å². The highest BCUT2D eigenvalue weighted by atomic mass is 19.1. The van der Waals surface area contributed by atoms with Gasteiger partial charge in [0.05, 0.1) is 13.2 Å². The molecular weight excluding hydrogens is 257 g/mol. The molecule has 20 heavy (non-hydrogen) atoms. The number of halogens is 1. The minimum Gasteiger partial charge on any atom is -0.494 e. The molecular formula is C15H18FN3O. The Labute approximate surface area is 118 Å². The van der Waals surface area contributed by atoms with Crippen LogP contribution in [0.5, 0.6) is 5.75 Å². The summed E-state index contributed by atoms with van der Waals surface area (Å²) in [7, 11) is 1.45. The Balaban J connectivity index is 2.37. The average Bonchev–Trinajstić information content (AvgIpc) is 2.46. The summed E-state index contributed by atoms with van der Waals surface area (Å²) in [5, 5.41) is 3.27. The van der Waals surface area contributed by atoms with Gasteiger partial charge in [0.2, 0.25) is 0 Å². The molecule has 1 aromatic carbocycles. The predicted molar refractivity (Wildman–Crippen MR) is 75.2 cm³/mol. The molecule has 1 aromatic heterocycles. The van der Waals surface area contributed by atoms with Gasteiger partial charge in [0.25, 0.3) is 0 Å². The van der Waals surface area contributed by atoms with Crippen LogP contribution in [-0.2, 0) is 0 Å². The number of rotatable bonds is 5. The number of hydrogen-bond donors (Lipinski definition) is 1. The van der Waals surface area contributed by atoms with Crippen LogP contribution < -0.4 is 10.1 Å². The van der Waals surface area contributed by atoms with Crippen molar-refractivity contribution in [3.63, 3.8) is 0 Å². The van der Waals surface area contributed by atoms with Crippen molar-refractivity contribution < 1.29 is 9.13 Å². The normalized spacial score (nSPS) is 12.2. The van der Waals surface area contributed by atoms with Crippen LogP contribution in [0.2, 0.25) is 0 Å². The largest absolute Gasteiger partial charge is 0.494 e. The molecule has 0 spiro atoms. The zero-order valence-corrected chi connectivity index (χ0v) is 11.9. The van der Waals surface area contributed by atoms with Crippen LogP contribution in [0.3, 0.4) is 0 Å². The molecule has 1 unspecified atom stereocenters. The van der Waals surface area contributed by atoms with Gasteiger partial charge in [0.1, 0.15) is 5.82 Å². The number of benzene rings is 1. The van der Waals surface area contributed by atoms with Crippen LogP contribution in [0.1, 0.15) is 29.9 Å². The molecule has 0 saturated carbocycles. The van der Waals surface area contributed by atoms with E-state index in [-0.39, 0.29) is 17.6 Å². The van der Waals surface area contributed by atoms with E-state index < -0.39 is 0 Å². The Morgan fingerprint density at radius 1 is 1.30 bits per heavy atom. The first-order valence-electron chi connectivity index (χ1n) is 6.51. The van der Waals surface area contributed by atoms with Crippen molar-refractivity contribution in [2.24, 2.45) is 0 Å². The fourth-order valence-electron chi connectivity index (χ4n) is 1.98. The third-order valence-electron chi connectivity index (χ3n) is 2.98. The summed E-state index contributed by atoms with van der Waals surface area (Å²) in [5.74, 6) is 0.468. The Hall–Kier alpha value is -2.01. The number of methoxy groups -OCH3 is 1. The number of hydrogen-bond acceptors (Lipinski definition) is 4. The summed E-state index contributed by atoms with van der Waals surface area (Å²) in [6.45, 7) is 4.65. The summed E-state index contributed by atoms with van der Waals surface area (Å²) in [4.78, 5) is 8.64. The molecule has 1 heterocycles. The van der Waals surface area contributed by atoms with Crippen molar-refractivity contribution >= 4 is 0 Å². The first-order valence-corrected chi connectivity index (χ1v) is 6.51. The smallest absolute Gasteiger partial charge is 0.165 e. The zero-order valence-electron chi connectivity index (χ0n) is 11.9. The van der Waals surface area contributed by atoms with Crippen molar-refractivity contribution in [1.29, 1.82) is 0 Å². The second kappa shape index (κ2) is 6.43. The molecule has 0 bridgehead atoms. The maximum atomic E-state index is 13.8. The second-order valence-corrected chi connectivity index (χ2v) is 4.50. The van der Waals surface area contributed by atoms with Gasteiger partial charge in [-0.1, -0.05) is 13.0 Å². The van der Waals surface area contributed by atoms with Crippen LogP contribution in [0.15, 0.2) is 30.6 Å². The van der Waals surface area contributed by atoms with E-state index in [1.807, 2.05) is 19.9 Å². The Bertz CT molecular complexity index is 572. The lowest BCUT2D eigenvalue weighted by molar-refractivity contribution is 0.385. The van der Waals surface area contributed by atoms with Crippen molar-refractivity contribution in [1.82, 2.24) is 15.3 Å². The summed E-state index contributed by atoms with van der Waals surface area (Å²) in [6.07, 6.45) is 3.51. The zero-order chi connectivity index (χ0) is 14.5. The van der Waals surface area contributed by atoms with E-state index in [4.69, 9.17) is 4.74 Å². The van der Waals surface area contributed by atoms with E-state index in [2.05, 4.69) is 15.3 Å². The minimum absolute atomic E-state index is 0.230. The highest BCUT2D eigenvalue weighted by Gasteiger charge is 2.17. The summed E-state index contributed by atoms with van der Waals surface area (Å²) in [6, 6.07) is 4.65. The molecule has 2 rings (SSSR count). The van der Waals surface area contributed by atoms with E-state index in [0.717, 1.165) is 17.7 Å². The second-order valence-electron chi connectivity index (χ2n) is 4.50. The van der Waals surface area contributed by atoms with E-state index in [0.29, 0.717) is 5.82 Å². The van der Waals surface area contributed by atoms with Crippen molar-refractivity contribution in [3.8, 4) is 5.75 Å². The minimum atomic E-state index is -0.389. The number of aryl methyl sites for hydroxylation is 1. The van der Waals surface area contributed by atoms with E-state index in [1.165, 1.54) is 13.2 Å². The highest BCUT2D eigenvalue weighted by molar-refractivity contribution is 5.33. The number of nitrogens with zero attached hydrogens (tertiary/aromatic N) is 2. The van der Waals surface area contributed by atoms with Gasteiger partial charge >= 0.3 is 0 Å². The van der Waals surface area contributed by atoms with Gasteiger partial charge in [-0.2, -0.15) is 0 Å². The van der Waals surface area contributed by atoms with Crippen molar-refractivity contribution in [2.45, 2.75) is 19.9 Å². The van der Waals surface area contributed by atoms with Gasteiger partial charge in [0.15, 0.2) is 11.6 Å². The van der Waals surface area contributed by atoms with E-state index in [9.17, 15) is 4.39 Å². The number of nitrogens with one attached hydrogen (secondary N) is 1. The van der Waals surface area contributed by atoms with Crippen LogP contribution in [0.4, 0.5) is 4.39 Å². The first kappa shape index (κ1) is 14.4. The lowest BCUT2D eigenvalue weighted by atomic mass is 10.1. The van der Waals surface area contributed by atoms with Gasteiger partial charge in [-0.3, -0.25) is 0 Å². The summed E-state index contributed by atoms with van der Waals surface area (Å²) >= 11 is 0. The molecule has 0 aliphatic heterocycles. The molecule has 2 aromatic rings. The molecule has 0 amide bonds. The fourth-order valence-corrected chi connectivity index (χ4v) is 1.98. The molecule has 0 radical (unpaired) electrons. The third kappa shape index (κ3) is 3.11. The maximum Gasteiger partial charge on any atom is 0.165 e. The molecule has 106 valence electrons. The quantitative estimate of drug-likeness (QED) is 0.911. The molecule has 0 fully saturated rings. The fraction of sp³-hybridized carbons (Fsp3) is 0.333. The molecule has 5 heteroatoms. The van der Waals surface area contributed by atoms with Gasteiger partial charge in [-0.05, 0) is 36.7 Å². The van der Waals surface area contributed by atoms with Crippen molar-refractivity contribution in [2.75, 3.05) is 13.7 Å². The van der Waals surface area contributed by atoms with Crippen LogP contribution >= 0.6 is 0 Å². The van der Waals surface area contributed by atoms with E-state index in [1.54, 1.807) is 18.5 Å². The lowest BCUT2D eigenvalue weighted by Gasteiger charge is -2.17. The topological polar surface area (TPSA) is 47.0 Å². The molecule has 0 aliphatic carbocycles. The Morgan fingerprint density at radius 3 is 2.55 bits per heavy atom. The van der Waals surface area contributed by atoms with E-state index >= 15 is 0 Å². The molecule has 4 nitrogen and oxygen atoms in total. The highest BCUT2D eigenvalue weighted by Crippen LogP contribution is 2.24. The van der Waals surface area contributed by atoms with Crippen molar-refractivity contribution in [3.05, 3.63) is 53.4 Å². The standard InChI is InChI=1S/C15H18FN3O/c1-4-17-14(15-18-8-10(2)9-19-15)11-5-6-13(20-3)12(16)7-11/h5-9,14,17H,4H2,1-3H3. The SMILES string of the molecule is CCNC(c1ccc(OC)c(F)c1)c1ncc(C)cn1. The third-order valence-corrected chi connectivity index (χ3v) is 2.98. The summed E-state index contributed by atoms with van der Waals surface area (Å²) < 4.78 is 18.8. The predicted octanol–water partition coefficient (Wildman–Crippen LogP) is 2.63. The maximum absolute atomic E-state index is 13.8. The Morgan fingerprint density at radius 2 is 2.00 bits per heavy atom. The van der Waals surface area contributed by atoms with Gasteiger partial charge < -0.3 is 10.1 Å². The van der Waals surface area contributed by atoms with Crippen LogP contribution in [0, 0.1) is 12.7 Å². The van der Waals surface area contributed by atoms with Crippen LogP contribution in [0.25, 0.3) is 0 Å². The molecule has 1 N–H and O–H groups in total. The molecule has 0 saturated heterocycles. The lowest BCUT2D eigenvalue weighted by Crippen LogP contribution is -2.24. The van der Waals surface area contributed by atoms with Gasteiger partial charge in [-0.15, -0.1) is 0 Å². The molecule has 1 atom stereocenters. The first-order chi connectivity index (χ1) is 9.65. The average molecular weight is 275 g/mol. The Kier molecular flexibility index (Phi) is 4.63. The molecule has 0 aliphatic rings. The number of ether oxygens (including phenoxy) is 1. The monoisotopic (exact) mass is 275 g/mol. The summed E-state index contributed by atoms with van der Waals surface area (Å²) in [5.41, 5.74) is 1.76. The van der Waals surface area contributed by atoms with Gasteiger partial charge in [-0.25, -0.2) is 14.4 Å². The number of aromatic nitrogens is 2.